The number of nitrogens with zero attached hydrogens (tertiary/aromatic N) is 3. The normalized spacial score (nSPS) is 19.4. The van der Waals surface area contributed by atoms with E-state index in [4.69, 9.17) is 9.73 Å². The molecule has 0 saturated carbocycles. The van der Waals surface area contributed by atoms with Gasteiger partial charge in [-0.1, -0.05) is 44.2 Å². The summed E-state index contributed by atoms with van der Waals surface area (Å²) in [6.07, 6.45) is 0. The topological polar surface area (TPSA) is 45.1 Å². The van der Waals surface area contributed by atoms with Crippen molar-refractivity contribution >= 4 is 17.3 Å². The van der Waals surface area contributed by atoms with Crippen molar-refractivity contribution < 1.29 is 9.53 Å². The molecule has 1 amide bonds. The third kappa shape index (κ3) is 3.31. The van der Waals surface area contributed by atoms with Crippen molar-refractivity contribution in [2.75, 3.05) is 32.1 Å². The molecule has 2 aromatic carbocycles. The number of anilines is 1. The van der Waals surface area contributed by atoms with Crippen molar-refractivity contribution in [1.82, 2.24) is 4.90 Å². The van der Waals surface area contributed by atoms with Gasteiger partial charge in [-0.25, -0.2) is 0 Å². The van der Waals surface area contributed by atoms with Crippen LogP contribution in [0.5, 0.6) is 5.75 Å². The number of ether oxygens (including phenoxy) is 1. The molecular weight excluding hydrogens is 362 g/mol. The molecule has 5 heteroatoms. The van der Waals surface area contributed by atoms with E-state index >= 15 is 0 Å². The zero-order valence-corrected chi connectivity index (χ0v) is 17.4. The van der Waals surface area contributed by atoms with Crippen LogP contribution < -0.4 is 9.64 Å². The Bertz CT molecular complexity index is 961. The van der Waals surface area contributed by atoms with E-state index < -0.39 is 0 Å². The fraction of sp³-hybridized carbons (Fsp3) is 0.333. The predicted molar refractivity (Wildman–Crippen MR) is 116 cm³/mol. The lowest BCUT2D eigenvalue weighted by Gasteiger charge is -2.29. The lowest BCUT2D eigenvalue weighted by molar-refractivity contribution is -0.116. The van der Waals surface area contributed by atoms with Crippen LogP contribution in [0.4, 0.5) is 5.69 Å². The van der Waals surface area contributed by atoms with Gasteiger partial charge >= 0.3 is 0 Å². The van der Waals surface area contributed by atoms with Crippen LogP contribution in [0, 0.1) is 5.92 Å². The smallest absolute Gasteiger partial charge is 0.275 e. The molecular formula is C24H27N3O2. The second-order valence-corrected chi connectivity index (χ2v) is 7.79. The van der Waals surface area contributed by atoms with Gasteiger partial charge in [0, 0.05) is 30.6 Å². The van der Waals surface area contributed by atoms with Crippen molar-refractivity contribution in [3.8, 4) is 5.75 Å². The molecule has 0 aromatic heterocycles. The Morgan fingerprint density at radius 1 is 1.07 bits per heavy atom. The molecule has 0 fully saturated rings. The number of amides is 1. The van der Waals surface area contributed by atoms with Gasteiger partial charge in [0.15, 0.2) is 0 Å². The fourth-order valence-corrected chi connectivity index (χ4v) is 4.21. The van der Waals surface area contributed by atoms with Crippen molar-refractivity contribution in [3.63, 3.8) is 0 Å². The van der Waals surface area contributed by atoms with Crippen molar-refractivity contribution in [2.45, 2.75) is 19.9 Å². The average Bonchev–Trinajstić information content (AvgIpc) is 2.92. The number of hydrogen-bond acceptors (Lipinski definition) is 4. The predicted octanol–water partition coefficient (Wildman–Crippen LogP) is 4.08. The summed E-state index contributed by atoms with van der Waals surface area (Å²) in [4.78, 5) is 22.6. The summed E-state index contributed by atoms with van der Waals surface area (Å²) in [5.41, 5.74) is 4.77. The van der Waals surface area contributed by atoms with Gasteiger partial charge in [-0.05, 0) is 35.7 Å². The first-order valence-electron chi connectivity index (χ1n) is 10.1. The largest absolute Gasteiger partial charge is 0.497 e. The summed E-state index contributed by atoms with van der Waals surface area (Å²) in [6, 6.07) is 17.7. The fourth-order valence-electron chi connectivity index (χ4n) is 4.21. The van der Waals surface area contributed by atoms with Crippen LogP contribution in [0.1, 0.15) is 25.5 Å². The number of carbonyl (C=O) groups excluding carboxylic acids is 1. The first-order chi connectivity index (χ1) is 14.0. The molecule has 5 nitrogen and oxygen atoms in total. The van der Waals surface area contributed by atoms with E-state index in [9.17, 15) is 4.79 Å². The van der Waals surface area contributed by atoms with Gasteiger partial charge in [0.25, 0.3) is 5.91 Å². The van der Waals surface area contributed by atoms with Gasteiger partial charge in [-0.2, -0.15) is 0 Å². The summed E-state index contributed by atoms with van der Waals surface area (Å²) in [6.45, 7) is 5.74. The number of likely N-dealkylation sites (N-methyl/N-ethyl adjacent to an activating group) is 1. The first kappa shape index (κ1) is 19.2. The van der Waals surface area contributed by atoms with E-state index in [0.29, 0.717) is 6.54 Å². The van der Waals surface area contributed by atoms with Gasteiger partial charge < -0.3 is 9.64 Å². The Balaban J connectivity index is 1.92. The third-order valence-electron chi connectivity index (χ3n) is 5.60. The van der Waals surface area contributed by atoms with Gasteiger partial charge in [-0.15, -0.1) is 0 Å². The quantitative estimate of drug-likeness (QED) is 0.792. The standard InChI is InChI=1S/C24H27N3O2/c1-16(2)21-20-22(17-8-6-5-7-9-17)27(18-10-12-19(29-4)13-11-18)24(28)23(20)26(3)15-14-25-21/h5-13,16,22H,14-15H2,1-4H3. The average molecular weight is 389 g/mol. The Morgan fingerprint density at radius 2 is 1.76 bits per heavy atom. The maximum Gasteiger partial charge on any atom is 0.275 e. The van der Waals surface area contributed by atoms with E-state index in [0.717, 1.165) is 40.5 Å². The zero-order valence-electron chi connectivity index (χ0n) is 17.4. The molecule has 2 heterocycles. The third-order valence-corrected chi connectivity index (χ3v) is 5.60. The van der Waals surface area contributed by atoms with Gasteiger partial charge in [0.2, 0.25) is 0 Å². The number of rotatable bonds is 4. The molecule has 1 unspecified atom stereocenters. The number of aliphatic imine (C=N–C) groups is 1. The Kier molecular flexibility index (Phi) is 5.14. The van der Waals surface area contributed by atoms with Crippen molar-refractivity contribution in [3.05, 3.63) is 71.4 Å². The highest BCUT2D eigenvalue weighted by Crippen LogP contribution is 2.44. The SMILES string of the molecule is COc1ccc(N2C(=O)C3=C(C(C(C)C)=NCCN3C)C2c2ccccc2)cc1. The summed E-state index contributed by atoms with van der Waals surface area (Å²) < 4.78 is 5.31. The van der Waals surface area contributed by atoms with Gasteiger partial charge in [-0.3, -0.25) is 14.7 Å². The second-order valence-electron chi connectivity index (χ2n) is 7.79. The molecule has 0 spiro atoms. The van der Waals surface area contributed by atoms with Crippen molar-refractivity contribution in [2.24, 2.45) is 10.9 Å². The molecule has 2 aromatic rings. The minimum absolute atomic E-state index is 0.0248. The van der Waals surface area contributed by atoms with Crippen LogP contribution in [0.15, 0.2) is 70.9 Å². The van der Waals surface area contributed by atoms with Gasteiger partial charge in [0.05, 0.1) is 19.7 Å². The molecule has 2 aliphatic heterocycles. The van der Waals surface area contributed by atoms with Crippen LogP contribution >= 0.6 is 0 Å². The number of hydrogen-bond donors (Lipinski definition) is 0. The molecule has 2 aliphatic rings. The highest BCUT2D eigenvalue weighted by molar-refractivity contribution is 6.19. The lowest BCUT2D eigenvalue weighted by Crippen LogP contribution is -2.34. The van der Waals surface area contributed by atoms with Crippen LogP contribution in [0.2, 0.25) is 0 Å². The molecule has 0 aliphatic carbocycles. The molecule has 150 valence electrons. The van der Waals surface area contributed by atoms with E-state index in [1.165, 1.54) is 0 Å². The lowest BCUT2D eigenvalue weighted by atomic mass is 9.90. The molecule has 1 atom stereocenters. The second kappa shape index (κ2) is 7.74. The summed E-state index contributed by atoms with van der Waals surface area (Å²) >= 11 is 0. The highest BCUT2D eigenvalue weighted by atomic mass is 16.5. The Labute approximate surface area is 172 Å². The van der Waals surface area contributed by atoms with E-state index in [1.54, 1.807) is 7.11 Å². The monoisotopic (exact) mass is 389 g/mol. The highest BCUT2D eigenvalue weighted by Gasteiger charge is 2.45. The Hall–Kier alpha value is -3.08. The van der Waals surface area contributed by atoms with Crippen LogP contribution in [0.3, 0.4) is 0 Å². The van der Waals surface area contributed by atoms with E-state index in [2.05, 4.69) is 30.9 Å². The number of benzene rings is 2. The maximum atomic E-state index is 13.7. The van der Waals surface area contributed by atoms with E-state index in [-0.39, 0.29) is 17.9 Å². The molecule has 4 rings (SSSR count). The molecule has 0 radical (unpaired) electrons. The van der Waals surface area contributed by atoms with Crippen LogP contribution in [-0.4, -0.2) is 43.8 Å². The number of methoxy groups -OCH3 is 1. The molecule has 29 heavy (non-hydrogen) atoms. The molecule has 0 N–H and O–H groups in total. The minimum Gasteiger partial charge on any atom is -0.497 e. The minimum atomic E-state index is -0.200. The molecule has 0 bridgehead atoms. The van der Waals surface area contributed by atoms with E-state index in [1.807, 2.05) is 54.4 Å². The first-order valence-corrected chi connectivity index (χ1v) is 10.1. The summed E-state index contributed by atoms with van der Waals surface area (Å²) in [5, 5.41) is 0. The van der Waals surface area contributed by atoms with Crippen molar-refractivity contribution in [1.29, 1.82) is 0 Å². The number of carbonyl (C=O) groups is 1. The summed E-state index contributed by atoms with van der Waals surface area (Å²) in [5.74, 6) is 1.03. The summed E-state index contributed by atoms with van der Waals surface area (Å²) in [7, 11) is 3.64. The Morgan fingerprint density at radius 3 is 2.38 bits per heavy atom. The zero-order chi connectivity index (χ0) is 20.5. The van der Waals surface area contributed by atoms with Crippen LogP contribution in [-0.2, 0) is 4.79 Å². The molecule has 0 saturated heterocycles. The maximum absolute atomic E-state index is 13.7. The van der Waals surface area contributed by atoms with Gasteiger partial charge in [0.1, 0.15) is 11.4 Å². The van der Waals surface area contributed by atoms with Crippen LogP contribution in [0.25, 0.3) is 0 Å².